The molecule has 0 aliphatic carbocycles. The van der Waals surface area contributed by atoms with E-state index >= 15 is 0 Å². The van der Waals surface area contributed by atoms with E-state index in [1.165, 1.54) is 23.1 Å². The SMILES string of the molecule is Cc1ccc(N(CC(=O)N(Cc2cccc(Br)c2)C(C)C(=O)NC(C)C)S(=O)(=O)c2ccccc2)cc1Cl. The molecule has 0 spiro atoms. The summed E-state index contributed by atoms with van der Waals surface area (Å²) in [5, 5.41) is 3.21. The fourth-order valence-corrected chi connectivity index (χ4v) is 5.85. The van der Waals surface area contributed by atoms with Gasteiger partial charge in [-0.3, -0.25) is 13.9 Å². The fourth-order valence-electron chi connectivity index (χ4n) is 3.81. The number of carbonyl (C=O) groups is 2. The Morgan fingerprint density at radius 2 is 1.66 bits per heavy atom. The zero-order valence-corrected chi connectivity index (χ0v) is 24.8. The Morgan fingerprint density at radius 1 is 0.974 bits per heavy atom. The number of hydrogen-bond acceptors (Lipinski definition) is 4. The lowest BCUT2D eigenvalue weighted by atomic mass is 10.1. The summed E-state index contributed by atoms with van der Waals surface area (Å²) in [6.45, 7) is 6.69. The first kappa shape index (κ1) is 29.7. The molecule has 0 saturated carbocycles. The van der Waals surface area contributed by atoms with Crippen LogP contribution in [0.5, 0.6) is 0 Å². The van der Waals surface area contributed by atoms with E-state index in [2.05, 4.69) is 21.2 Å². The second-order valence-electron chi connectivity index (χ2n) is 9.25. The fraction of sp³-hybridized carbons (Fsp3) is 0.286. The van der Waals surface area contributed by atoms with Crippen molar-refractivity contribution in [3.05, 3.63) is 93.4 Å². The van der Waals surface area contributed by atoms with Gasteiger partial charge in [-0.15, -0.1) is 0 Å². The van der Waals surface area contributed by atoms with E-state index in [4.69, 9.17) is 11.6 Å². The molecule has 7 nitrogen and oxygen atoms in total. The van der Waals surface area contributed by atoms with Crippen LogP contribution in [-0.2, 0) is 26.2 Å². The predicted octanol–water partition coefficient (Wildman–Crippen LogP) is 5.55. The van der Waals surface area contributed by atoms with Crippen molar-refractivity contribution in [1.82, 2.24) is 10.2 Å². The van der Waals surface area contributed by atoms with Gasteiger partial charge in [-0.25, -0.2) is 8.42 Å². The van der Waals surface area contributed by atoms with Crippen LogP contribution in [0.25, 0.3) is 0 Å². The highest BCUT2D eigenvalue weighted by Crippen LogP contribution is 2.28. The number of carbonyl (C=O) groups excluding carboxylic acids is 2. The van der Waals surface area contributed by atoms with Gasteiger partial charge >= 0.3 is 0 Å². The first-order valence-corrected chi connectivity index (χ1v) is 14.7. The zero-order chi connectivity index (χ0) is 28.0. The summed E-state index contributed by atoms with van der Waals surface area (Å²) in [6.07, 6.45) is 0. The molecule has 1 N–H and O–H groups in total. The number of halogens is 2. The summed E-state index contributed by atoms with van der Waals surface area (Å²) in [6, 6.07) is 19.1. The van der Waals surface area contributed by atoms with Gasteiger partial charge in [-0.2, -0.15) is 0 Å². The number of amides is 2. The lowest BCUT2D eigenvalue weighted by Crippen LogP contribution is -2.52. The van der Waals surface area contributed by atoms with Gasteiger partial charge < -0.3 is 10.2 Å². The van der Waals surface area contributed by atoms with Crippen molar-refractivity contribution < 1.29 is 18.0 Å². The van der Waals surface area contributed by atoms with Crippen molar-refractivity contribution in [2.75, 3.05) is 10.8 Å². The molecule has 3 rings (SSSR count). The van der Waals surface area contributed by atoms with Crippen LogP contribution in [0.4, 0.5) is 5.69 Å². The number of hydrogen-bond donors (Lipinski definition) is 1. The average Bonchev–Trinajstić information content (AvgIpc) is 2.87. The van der Waals surface area contributed by atoms with Crippen LogP contribution in [0, 0.1) is 6.92 Å². The maximum atomic E-state index is 13.9. The number of nitrogens with one attached hydrogen (secondary N) is 1. The topological polar surface area (TPSA) is 86.8 Å². The Balaban J connectivity index is 2.05. The number of benzene rings is 3. The normalized spacial score (nSPS) is 12.2. The first-order chi connectivity index (χ1) is 17.9. The lowest BCUT2D eigenvalue weighted by molar-refractivity contribution is -0.139. The van der Waals surface area contributed by atoms with Crippen LogP contribution in [0.15, 0.2) is 82.2 Å². The van der Waals surface area contributed by atoms with E-state index in [9.17, 15) is 18.0 Å². The Labute approximate surface area is 238 Å². The molecule has 10 heteroatoms. The van der Waals surface area contributed by atoms with Crippen LogP contribution in [0.3, 0.4) is 0 Å². The number of aryl methyl sites for hydroxylation is 1. The number of nitrogens with zero attached hydrogens (tertiary/aromatic N) is 2. The molecular weight excluding hydrogens is 590 g/mol. The predicted molar refractivity (Wildman–Crippen MR) is 155 cm³/mol. The Kier molecular flexibility index (Phi) is 9.98. The molecule has 0 aliphatic rings. The molecule has 3 aromatic carbocycles. The van der Waals surface area contributed by atoms with Crippen molar-refractivity contribution in [1.29, 1.82) is 0 Å². The molecule has 0 fully saturated rings. The van der Waals surface area contributed by atoms with Gasteiger partial charge in [0, 0.05) is 22.1 Å². The molecule has 1 unspecified atom stereocenters. The first-order valence-electron chi connectivity index (χ1n) is 12.1. The molecule has 202 valence electrons. The maximum Gasteiger partial charge on any atom is 0.264 e. The van der Waals surface area contributed by atoms with Gasteiger partial charge in [0.05, 0.1) is 10.6 Å². The molecule has 0 bridgehead atoms. The number of anilines is 1. The van der Waals surface area contributed by atoms with E-state index in [1.807, 2.05) is 45.0 Å². The minimum atomic E-state index is -4.14. The smallest absolute Gasteiger partial charge is 0.264 e. The van der Waals surface area contributed by atoms with Gasteiger partial charge in [-0.05, 0) is 75.2 Å². The van der Waals surface area contributed by atoms with Crippen molar-refractivity contribution in [3.63, 3.8) is 0 Å². The third kappa shape index (κ3) is 7.36. The minimum Gasteiger partial charge on any atom is -0.352 e. The van der Waals surface area contributed by atoms with E-state index in [0.29, 0.717) is 5.02 Å². The lowest BCUT2D eigenvalue weighted by Gasteiger charge is -2.32. The van der Waals surface area contributed by atoms with Gasteiger partial charge in [-0.1, -0.05) is 63.9 Å². The summed E-state index contributed by atoms with van der Waals surface area (Å²) in [7, 11) is -4.14. The van der Waals surface area contributed by atoms with Crippen LogP contribution in [0.1, 0.15) is 31.9 Å². The average molecular weight is 621 g/mol. The highest BCUT2D eigenvalue weighted by molar-refractivity contribution is 9.10. The monoisotopic (exact) mass is 619 g/mol. The number of rotatable bonds is 10. The molecule has 2 amide bonds. The van der Waals surface area contributed by atoms with Crippen molar-refractivity contribution in [2.45, 2.75) is 51.2 Å². The molecule has 0 aliphatic heterocycles. The van der Waals surface area contributed by atoms with Gasteiger partial charge in [0.15, 0.2) is 0 Å². The molecule has 0 radical (unpaired) electrons. The summed E-state index contributed by atoms with van der Waals surface area (Å²) in [5.74, 6) is -0.869. The minimum absolute atomic E-state index is 0.0358. The number of sulfonamides is 1. The third-order valence-corrected chi connectivity index (χ3v) is 8.58. The Morgan fingerprint density at radius 3 is 2.26 bits per heavy atom. The van der Waals surface area contributed by atoms with Gasteiger partial charge in [0.2, 0.25) is 11.8 Å². The Bertz CT molecular complexity index is 1400. The molecule has 0 aromatic heterocycles. The third-order valence-electron chi connectivity index (χ3n) is 5.89. The van der Waals surface area contributed by atoms with E-state index in [1.54, 1.807) is 37.3 Å². The van der Waals surface area contributed by atoms with Crippen LogP contribution < -0.4 is 9.62 Å². The quantitative estimate of drug-likeness (QED) is 0.322. The van der Waals surface area contributed by atoms with E-state index in [0.717, 1.165) is 19.9 Å². The second kappa shape index (κ2) is 12.8. The van der Waals surface area contributed by atoms with Gasteiger partial charge in [0.25, 0.3) is 10.0 Å². The maximum absolute atomic E-state index is 13.9. The molecule has 0 heterocycles. The molecule has 0 saturated heterocycles. The van der Waals surface area contributed by atoms with Crippen molar-refractivity contribution in [2.24, 2.45) is 0 Å². The van der Waals surface area contributed by atoms with Gasteiger partial charge in [0.1, 0.15) is 12.6 Å². The molecule has 3 aromatic rings. The summed E-state index contributed by atoms with van der Waals surface area (Å²) in [4.78, 5) is 28.2. The van der Waals surface area contributed by atoms with Crippen LogP contribution >= 0.6 is 27.5 Å². The van der Waals surface area contributed by atoms with Crippen LogP contribution in [0.2, 0.25) is 5.02 Å². The highest BCUT2D eigenvalue weighted by Gasteiger charge is 2.32. The van der Waals surface area contributed by atoms with Crippen molar-refractivity contribution in [3.8, 4) is 0 Å². The molecule has 38 heavy (non-hydrogen) atoms. The van der Waals surface area contributed by atoms with Crippen LogP contribution in [-0.4, -0.2) is 43.8 Å². The summed E-state index contributed by atoms with van der Waals surface area (Å²) < 4.78 is 29.4. The largest absolute Gasteiger partial charge is 0.352 e. The summed E-state index contributed by atoms with van der Waals surface area (Å²) >= 11 is 9.78. The highest BCUT2D eigenvalue weighted by atomic mass is 79.9. The van der Waals surface area contributed by atoms with E-state index in [-0.39, 0.29) is 29.1 Å². The van der Waals surface area contributed by atoms with E-state index < -0.39 is 28.5 Å². The second-order valence-corrected chi connectivity index (χ2v) is 12.4. The Hall–Kier alpha value is -2.88. The molecule has 1 atom stereocenters. The van der Waals surface area contributed by atoms with Crippen molar-refractivity contribution >= 4 is 55.1 Å². The molecular formula is C28H31BrClN3O4S. The standard InChI is InChI=1S/C28H31BrClN3O4S/c1-19(2)31-28(35)21(4)32(17-22-9-8-10-23(29)15-22)27(34)18-33(24-14-13-20(3)26(30)16-24)38(36,37)25-11-6-5-7-12-25/h5-16,19,21H,17-18H2,1-4H3,(H,31,35). The summed E-state index contributed by atoms with van der Waals surface area (Å²) in [5.41, 5.74) is 1.81. The zero-order valence-electron chi connectivity index (χ0n) is 21.7.